The van der Waals surface area contributed by atoms with Gasteiger partial charge in [-0.25, -0.2) is 4.79 Å². The van der Waals surface area contributed by atoms with Crippen LogP contribution in [-0.2, 0) is 0 Å². The first-order chi connectivity index (χ1) is 7.15. The first-order valence-electron chi connectivity index (χ1n) is 4.44. The van der Waals surface area contributed by atoms with Crippen LogP contribution < -0.4 is 0 Å². The van der Waals surface area contributed by atoms with Gasteiger partial charge in [-0.15, -0.1) is 0 Å². The quantitative estimate of drug-likeness (QED) is 0.733. The van der Waals surface area contributed by atoms with Crippen LogP contribution in [0.2, 0.25) is 0 Å². The van der Waals surface area contributed by atoms with Gasteiger partial charge in [0.25, 0.3) is 0 Å². The smallest absolute Gasteiger partial charge is 0.337 e. The van der Waals surface area contributed by atoms with Crippen LogP contribution >= 0.6 is 0 Å². The zero-order chi connectivity index (χ0) is 11.0. The van der Waals surface area contributed by atoms with Crippen molar-refractivity contribution in [2.24, 2.45) is 0 Å². The molecule has 1 heterocycles. The number of aromatic carboxylic acids is 1. The number of carbonyl (C=O) groups is 2. The molecule has 0 bridgehead atoms. The fourth-order valence-corrected chi connectivity index (χ4v) is 1.66. The van der Waals surface area contributed by atoms with E-state index in [4.69, 9.17) is 5.11 Å². The van der Waals surface area contributed by atoms with Crippen LogP contribution in [0.25, 0.3) is 10.9 Å². The molecule has 15 heavy (non-hydrogen) atoms. The zero-order valence-electron chi connectivity index (χ0n) is 8.07. The standard InChI is InChI=1S/C11H9NO3/c1-6-7(5-13)2-3-8-9(11(14)15)4-12-10(6)8/h2-5,12H,1H3,(H,14,15). The van der Waals surface area contributed by atoms with Crippen LogP contribution in [0.15, 0.2) is 18.3 Å². The molecular formula is C11H9NO3. The van der Waals surface area contributed by atoms with Gasteiger partial charge in [0.05, 0.1) is 5.56 Å². The van der Waals surface area contributed by atoms with Crippen molar-refractivity contribution in [3.8, 4) is 0 Å². The summed E-state index contributed by atoms with van der Waals surface area (Å²) < 4.78 is 0. The Bertz CT molecular complexity index is 554. The van der Waals surface area contributed by atoms with E-state index in [1.807, 2.05) is 0 Å². The summed E-state index contributed by atoms with van der Waals surface area (Å²) in [6.07, 6.45) is 2.20. The van der Waals surface area contributed by atoms with E-state index in [1.54, 1.807) is 19.1 Å². The molecular weight excluding hydrogens is 194 g/mol. The van der Waals surface area contributed by atoms with Crippen molar-refractivity contribution in [2.45, 2.75) is 6.92 Å². The highest BCUT2D eigenvalue weighted by atomic mass is 16.4. The van der Waals surface area contributed by atoms with Crippen LogP contribution in [0.3, 0.4) is 0 Å². The van der Waals surface area contributed by atoms with Gasteiger partial charge in [-0.05, 0) is 12.5 Å². The van der Waals surface area contributed by atoms with Gasteiger partial charge < -0.3 is 10.1 Å². The molecule has 0 atom stereocenters. The van der Waals surface area contributed by atoms with Gasteiger partial charge in [0, 0.05) is 22.7 Å². The minimum absolute atomic E-state index is 0.227. The number of nitrogens with one attached hydrogen (secondary N) is 1. The van der Waals surface area contributed by atoms with E-state index < -0.39 is 5.97 Å². The highest BCUT2D eigenvalue weighted by molar-refractivity contribution is 6.05. The maximum Gasteiger partial charge on any atom is 0.337 e. The molecule has 2 aromatic rings. The molecule has 0 fully saturated rings. The van der Waals surface area contributed by atoms with Crippen molar-refractivity contribution < 1.29 is 14.7 Å². The Morgan fingerprint density at radius 1 is 1.47 bits per heavy atom. The number of carboxylic acid groups (broad SMARTS) is 1. The molecule has 0 amide bonds. The predicted molar refractivity (Wildman–Crippen MR) is 55.4 cm³/mol. The molecule has 2 N–H and O–H groups in total. The fourth-order valence-electron chi connectivity index (χ4n) is 1.66. The molecule has 0 unspecified atom stereocenters. The molecule has 0 radical (unpaired) electrons. The summed E-state index contributed by atoms with van der Waals surface area (Å²) in [5.41, 5.74) is 2.28. The summed E-state index contributed by atoms with van der Waals surface area (Å²) in [5.74, 6) is -0.973. The summed E-state index contributed by atoms with van der Waals surface area (Å²) in [6, 6.07) is 3.27. The van der Waals surface area contributed by atoms with E-state index in [9.17, 15) is 9.59 Å². The molecule has 0 spiro atoms. The largest absolute Gasteiger partial charge is 0.478 e. The lowest BCUT2D eigenvalue weighted by Crippen LogP contribution is -1.94. The number of rotatable bonds is 2. The van der Waals surface area contributed by atoms with Gasteiger partial charge in [-0.3, -0.25) is 4.79 Å². The van der Waals surface area contributed by atoms with E-state index in [0.717, 1.165) is 11.8 Å². The average Bonchev–Trinajstić information content (AvgIpc) is 2.62. The first kappa shape index (κ1) is 9.45. The summed E-state index contributed by atoms with van der Waals surface area (Å²) in [5, 5.41) is 9.53. The second-order valence-corrected chi connectivity index (χ2v) is 3.33. The highest BCUT2D eigenvalue weighted by Gasteiger charge is 2.12. The Morgan fingerprint density at radius 3 is 2.80 bits per heavy atom. The molecule has 76 valence electrons. The molecule has 0 aliphatic carbocycles. The summed E-state index contributed by atoms with van der Waals surface area (Å²) in [6.45, 7) is 1.79. The van der Waals surface area contributed by atoms with E-state index in [1.165, 1.54) is 6.20 Å². The number of carboxylic acids is 1. The third-order valence-electron chi connectivity index (χ3n) is 2.52. The Labute approximate surface area is 85.5 Å². The highest BCUT2D eigenvalue weighted by Crippen LogP contribution is 2.23. The van der Waals surface area contributed by atoms with Gasteiger partial charge in [-0.2, -0.15) is 0 Å². The fraction of sp³-hybridized carbons (Fsp3) is 0.0909. The number of benzene rings is 1. The second-order valence-electron chi connectivity index (χ2n) is 3.33. The monoisotopic (exact) mass is 203 g/mol. The Kier molecular flexibility index (Phi) is 2.04. The molecule has 2 rings (SSSR count). The number of aryl methyl sites for hydroxylation is 1. The lowest BCUT2D eigenvalue weighted by atomic mass is 10.0. The normalized spacial score (nSPS) is 10.5. The molecule has 1 aromatic carbocycles. The maximum absolute atomic E-state index is 10.9. The molecule has 0 aliphatic heterocycles. The lowest BCUT2D eigenvalue weighted by Gasteiger charge is -2.00. The number of H-pyrrole nitrogens is 1. The number of aromatic nitrogens is 1. The molecule has 0 saturated heterocycles. The number of hydrogen-bond donors (Lipinski definition) is 2. The zero-order valence-corrected chi connectivity index (χ0v) is 8.07. The molecule has 0 saturated carbocycles. The topological polar surface area (TPSA) is 70.2 Å². The second kappa shape index (κ2) is 3.24. The SMILES string of the molecule is Cc1c(C=O)ccc2c(C(=O)O)c[nH]c12. The van der Waals surface area contributed by atoms with Crippen molar-refractivity contribution in [3.05, 3.63) is 35.0 Å². The van der Waals surface area contributed by atoms with Crippen LogP contribution in [0, 0.1) is 6.92 Å². The third kappa shape index (κ3) is 1.30. The number of hydrogen-bond acceptors (Lipinski definition) is 2. The third-order valence-corrected chi connectivity index (χ3v) is 2.52. The predicted octanol–water partition coefficient (Wildman–Crippen LogP) is 1.99. The minimum atomic E-state index is -0.973. The minimum Gasteiger partial charge on any atom is -0.478 e. The Hall–Kier alpha value is -2.10. The molecule has 1 aromatic heterocycles. The summed E-state index contributed by atoms with van der Waals surface area (Å²) in [7, 11) is 0. The summed E-state index contributed by atoms with van der Waals surface area (Å²) >= 11 is 0. The Balaban J connectivity index is 2.81. The van der Waals surface area contributed by atoms with E-state index >= 15 is 0 Å². The van der Waals surface area contributed by atoms with E-state index in [0.29, 0.717) is 16.5 Å². The molecule has 4 heteroatoms. The number of aldehydes is 1. The number of carbonyl (C=O) groups excluding carboxylic acids is 1. The van der Waals surface area contributed by atoms with Crippen molar-refractivity contribution >= 4 is 23.2 Å². The van der Waals surface area contributed by atoms with Crippen molar-refractivity contribution in [1.82, 2.24) is 4.98 Å². The van der Waals surface area contributed by atoms with Crippen molar-refractivity contribution in [3.63, 3.8) is 0 Å². The average molecular weight is 203 g/mol. The van der Waals surface area contributed by atoms with Gasteiger partial charge >= 0.3 is 5.97 Å². The van der Waals surface area contributed by atoms with Crippen LogP contribution in [0.1, 0.15) is 26.3 Å². The van der Waals surface area contributed by atoms with Crippen LogP contribution in [-0.4, -0.2) is 22.3 Å². The summed E-state index contributed by atoms with van der Waals surface area (Å²) in [4.78, 5) is 24.4. The van der Waals surface area contributed by atoms with Crippen LogP contribution in [0.5, 0.6) is 0 Å². The van der Waals surface area contributed by atoms with Gasteiger partial charge in [0.1, 0.15) is 6.29 Å². The first-order valence-corrected chi connectivity index (χ1v) is 4.44. The van der Waals surface area contributed by atoms with Crippen molar-refractivity contribution in [2.75, 3.05) is 0 Å². The molecule has 0 aliphatic rings. The number of fused-ring (bicyclic) bond motifs is 1. The molecule has 4 nitrogen and oxygen atoms in total. The van der Waals surface area contributed by atoms with E-state index in [2.05, 4.69) is 4.98 Å². The Morgan fingerprint density at radius 2 is 2.20 bits per heavy atom. The van der Waals surface area contributed by atoms with E-state index in [-0.39, 0.29) is 5.56 Å². The van der Waals surface area contributed by atoms with Crippen LogP contribution in [0.4, 0.5) is 0 Å². The van der Waals surface area contributed by atoms with Gasteiger partial charge in [0.2, 0.25) is 0 Å². The number of aromatic amines is 1. The van der Waals surface area contributed by atoms with Gasteiger partial charge in [-0.1, -0.05) is 12.1 Å². The lowest BCUT2D eigenvalue weighted by molar-refractivity contribution is 0.0699. The van der Waals surface area contributed by atoms with Crippen molar-refractivity contribution in [1.29, 1.82) is 0 Å². The maximum atomic E-state index is 10.9. The van der Waals surface area contributed by atoms with Gasteiger partial charge in [0.15, 0.2) is 0 Å².